The molecule has 0 heterocycles. The van der Waals surface area contributed by atoms with Crippen molar-refractivity contribution in [1.82, 2.24) is 4.72 Å². The second-order valence-corrected chi connectivity index (χ2v) is 7.48. The third-order valence-corrected chi connectivity index (χ3v) is 5.00. The van der Waals surface area contributed by atoms with Gasteiger partial charge in [0.25, 0.3) is 0 Å². The average molecular weight is 396 g/mol. The fraction of sp³-hybridized carbons (Fsp3) is 0.200. The maximum absolute atomic E-state index is 12.2. The Morgan fingerprint density at radius 3 is 2.46 bits per heavy atom. The minimum atomic E-state index is -3.64. The van der Waals surface area contributed by atoms with Crippen LogP contribution >= 0.6 is 23.2 Å². The van der Waals surface area contributed by atoms with E-state index in [1.54, 1.807) is 12.1 Å². The first-order valence-corrected chi connectivity index (χ1v) is 9.11. The molecule has 0 unspecified atom stereocenters. The van der Waals surface area contributed by atoms with Crippen molar-refractivity contribution in [3.63, 3.8) is 0 Å². The van der Waals surface area contributed by atoms with Gasteiger partial charge in [-0.05, 0) is 35.4 Å². The highest BCUT2D eigenvalue weighted by Gasteiger charge is 2.13. The number of sulfonamides is 1. The lowest BCUT2D eigenvalue weighted by Crippen LogP contribution is -2.24. The third-order valence-electron chi connectivity index (χ3n) is 2.96. The van der Waals surface area contributed by atoms with Gasteiger partial charge in [0, 0.05) is 6.54 Å². The summed E-state index contributed by atoms with van der Waals surface area (Å²) in [7, 11) is -3.64. The summed E-state index contributed by atoms with van der Waals surface area (Å²) in [6.07, 6.45) is 0. The van der Waals surface area contributed by atoms with E-state index in [2.05, 4.69) is 9.46 Å². The standard InChI is InChI=1S/C15H13Cl2F2NO3S/c16-13-5-4-11(7-14(13)17)9-24(21,22)20-8-10-2-1-3-12(6-10)23-15(18)19/h1-7,15,20H,8-9H2. The molecule has 1 N–H and O–H groups in total. The summed E-state index contributed by atoms with van der Waals surface area (Å²) in [5.74, 6) is -0.317. The molecule has 0 radical (unpaired) electrons. The lowest BCUT2D eigenvalue weighted by molar-refractivity contribution is -0.0498. The monoisotopic (exact) mass is 395 g/mol. The largest absolute Gasteiger partial charge is 0.435 e. The van der Waals surface area contributed by atoms with Crippen molar-refractivity contribution < 1.29 is 21.9 Å². The number of benzene rings is 2. The lowest BCUT2D eigenvalue weighted by atomic mass is 10.2. The molecule has 0 atom stereocenters. The first kappa shape index (κ1) is 18.9. The molecule has 0 saturated carbocycles. The van der Waals surface area contributed by atoms with Gasteiger partial charge in [0.15, 0.2) is 0 Å². The van der Waals surface area contributed by atoms with Crippen LogP contribution in [0.15, 0.2) is 42.5 Å². The van der Waals surface area contributed by atoms with Crippen molar-refractivity contribution >= 4 is 33.2 Å². The molecule has 0 spiro atoms. The van der Waals surface area contributed by atoms with E-state index in [-0.39, 0.29) is 23.1 Å². The number of alkyl halides is 2. The Bertz CT molecular complexity index is 816. The van der Waals surface area contributed by atoms with Crippen LogP contribution in [-0.4, -0.2) is 15.0 Å². The van der Waals surface area contributed by atoms with E-state index in [1.807, 2.05) is 0 Å². The first-order valence-electron chi connectivity index (χ1n) is 6.70. The maximum atomic E-state index is 12.2. The lowest BCUT2D eigenvalue weighted by Gasteiger charge is -2.09. The summed E-state index contributed by atoms with van der Waals surface area (Å²) in [6.45, 7) is -2.99. The van der Waals surface area contributed by atoms with Gasteiger partial charge in [-0.25, -0.2) is 13.1 Å². The molecule has 2 rings (SSSR count). The highest BCUT2D eigenvalue weighted by Crippen LogP contribution is 2.23. The zero-order valence-corrected chi connectivity index (χ0v) is 14.5. The Balaban J connectivity index is 2.00. The minimum absolute atomic E-state index is 0.0359. The average Bonchev–Trinajstić information content (AvgIpc) is 2.49. The second-order valence-electron chi connectivity index (χ2n) is 4.85. The van der Waals surface area contributed by atoms with Crippen LogP contribution in [0.2, 0.25) is 10.0 Å². The second kappa shape index (κ2) is 8.11. The number of ether oxygens (including phenoxy) is 1. The Labute approximate surface area is 148 Å². The number of nitrogens with one attached hydrogen (secondary N) is 1. The molecule has 9 heteroatoms. The minimum Gasteiger partial charge on any atom is -0.435 e. The quantitative estimate of drug-likeness (QED) is 0.763. The molecular formula is C15H13Cl2F2NO3S. The molecule has 0 aromatic heterocycles. The molecule has 2 aromatic carbocycles. The fourth-order valence-electron chi connectivity index (χ4n) is 1.92. The molecule has 0 aliphatic heterocycles. The predicted molar refractivity (Wildman–Crippen MR) is 89.0 cm³/mol. The molecule has 0 bridgehead atoms. The normalized spacial score (nSPS) is 11.7. The number of halogens is 4. The molecule has 0 amide bonds. The van der Waals surface area contributed by atoms with Gasteiger partial charge in [-0.3, -0.25) is 0 Å². The number of rotatable bonds is 7. The van der Waals surface area contributed by atoms with Gasteiger partial charge in [0.2, 0.25) is 10.0 Å². The summed E-state index contributed by atoms with van der Waals surface area (Å²) in [5.41, 5.74) is 0.970. The van der Waals surface area contributed by atoms with Crippen molar-refractivity contribution in [3.8, 4) is 5.75 Å². The smallest absolute Gasteiger partial charge is 0.387 e. The zero-order valence-electron chi connectivity index (χ0n) is 12.2. The Kier molecular flexibility index (Phi) is 6.40. The molecule has 0 fully saturated rings. The van der Waals surface area contributed by atoms with E-state index in [0.717, 1.165) is 0 Å². The molecule has 0 aliphatic carbocycles. The van der Waals surface area contributed by atoms with Gasteiger partial charge in [-0.1, -0.05) is 41.4 Å². The summed E-state index contributed by atoms with van der Waals surface area (Å²) >= 11 is 11.6. The van der Waals surface area contributed by atoms with Crippen molar-refractivity contribution in [3.05, 3.63) is 63.6 Å². The van der Waals surface area contributed by atoms with Crippen molar-refractivity contribution in [1.29, 1.82) is 0 Å². The van der Waals surface area contributed by atoms with Crippen LogP contribution in [0.1, 0.15) is 11.1 Å². The van der Waals surface area contributed by atoms with E-state index < -0.39 is 16.6 Å². The zero-order chi connectivity index (χ0) is 17.7. The van der Waals surface area contributed by atoms with Crippen molar-refractivity contribution in [2.75, 3.05) is 0 Å². The van der Waals surface area contributed by atoms with Crippen LogP contribution in [0.5, 0.6) is 5.75 Å². The maximum Gasteiger partial charge on any atom is 0.387 e. The van der Waals surface area contributed by atoms with E-state index >= 15 is 0 Å². The van der Waals surface area contributed by atoms with E-state index in [4.69, 9.17) is 23.2 Å². The van der Waals surface area contributed by atoms with Crippen LogP contribution in [0, 0.1) is 0 Å². The summed E-state index contributed by atoms with van der Waals surface area (Å²) in [5, 5.41) is 0.600. The van der Waals surface area contributed by atoms with Crippen LogP contribution < -0.4 is 9.46 Å². The summed E-state index contributed by atoms with van der Waals surface area (Å²) in [4.78, 5) is 0. The van der Waals surface area contributed by atoms with Gasteiger partial charge in [-0.2, -0.15) is 8.78 Å². The van der Waals surface area contributed by atoms with Crippen molar-refractivity contribution in [2.24, 2.45) is 0 Å². The van der Waals surface area contributed by atoms with Crippen LogP contribution in [0.25, 0.3) is 0 Å². The van der Waals surface area contributed by atoms with Gasteiger partial charge >= 0.3 is 6.61 Å². The third kappa shape index (κ3) is 5.90. The van der Waals surface area contributed by atoms with E-state index in [1.165, 1.54) is 30.3 Å². The first-order chi connectivity index (χ1) is 11.2. The van der Waals surface area contributed by atoms with Crippen LogP contribution in [0.4, 0.5) is 8.78 Å². The highest BCUT2D eigenvalue weighted by atomic mass is 35.5. The molecule has 2 aromatic rings. The molecule has 0 saturated heterocycles. The molecule has 130 valence electrons. The predicted octanol–water partition coefficient (Wildman–Crippen LogP) is 4.21. The van der Waals surface area contributed by atoms with Gasteiger partial charge in [0.05, 0.1) is 15.8 Å². The molecule has 4 nitrogen and oxygen atoms in total. The van der Waals surface area contributed by atoms with Crippen LogP contribution in [-0.2, 0) is 22.3 Å². The molecule has 0 aliphatic rings. The Hall–Kier alpha value is -1.41. The van der Waals surface area contributed by atoms with Gasteiger partial charge in [0.1, 0.15) is 5.75 Å². The topological polar surface area (TPSA) is 55.4 Å². The molecule has 24 heavy (non-hydrogen) atoms. The van der Waals surface area contributed by atoms with E-state index in [9.17, 15) is 17.2 Å². The van der Waals surface area contributed by atoms with Crippen LogP contribution in [0.3, 0.4) is 0 Å². The van der Waals surface area contributed by atoms with Gasteiger partial charge in [-0.15, -0.1) is 0 Å². The van der Waals surface area contributed by atoms with Gasteiger partial charge < -0.3 is 4.74 Å². The molecular weight excluding hydrogens is 383 g/mol. The Morgan fingerprint density at radius 1 is 1.04 bits per heavy atom. The summed E-state index contributed by atoms with van der Waals surface area (Å²) in [6, 6.07) is 10.3. The SMILES string of the molecule is O=S(=O)(Cc1ccc(Cl)c(Cl)c1)NCc1cccc(OC(F)F)c1. The summed E-state index contributed by atoms with van der Waals surface area (Å²) < 4.78 is 55.2. The highest BCUT2D eigenvalue weighted by molar-refractivity contribution is 7.88. The fourth-order valence-corrected chi connectivity index (χ4v) is 3.35. The number of hydrogen-bond acceptors (Lipinski definition) is 3. The Morgan fingerprint density at radius 2 is 1.79 bits per heavy atom. The van der Waals surface area contributed by atoms with E-state index in [0.29, 0.717) is 16.1 Å². The number of hydrogen-bond donors (Lipinski definition) is 1. The van der Waals surface area contributed by atoms with Crippen molar-refractivity contribution in [2.45, 2.75) is 18.9 Å².